The molecule has 0 aromatic heterocycles. The number of hydrogen-bond acceptors (Lipinski definition) is 4. The second kappa shape index (κ2) is 7.95. The molecule has 0 aliphatic carbocycles. The summed E-state index contributed by atoms with van der Waals surface area (Å²) < 4.78 is 27.3. The molecule has 0 radical (unpaired) electrons. The molecule has 2 aliphatic heterocycles. The molecule has 1 aromatic carbocycles. The molecule has 3 rings (SSSR count). The van der Waals surface area contributed by atoms with Crippen molar-refractivity contribution >= 4 is 21.8 Å². The Morgan fingerprint density at radius 1 is 1.19 bits per heavy atom. The van der Waals surface area contributed by atoms with E-state index in [-0.39, 0.29) is 31.4 Å². The number of hydrogen-bond donors (Lipinski definition) is 2. The van der Waals surface area contributed by atoms with Gasteiger partial charge in [0.05, 0.1) is 18.0 Å². The van der Waals surface area contributed by atoms with E-state index in [1.165, 1.54) is 4.31 Å². The Balaban J connectivity index is 1.59. The van der Waals surface area contributed by atoms with Crippen LogP contribution in [0, 0.1) is 13.8 Å². The van der Waals surface area contributed by atoms with Gasteiger partial charge in [-0.15, -0.1) is 0 Å². The molecule has 1 unspecified atom stereocenters. The summed E-state index contributed by atoms with van der Waals surface area (Å²) in [6.07, 6.45) is 0. The fourth-order valence-corrected chi connectivity index (χ4v) is 5.27. The zero-order valence-electron chi connectivity index (χ0n) is 15.8. The van der Waals surface area contributed by atoms with Crippen molar-refractivity contribution in [1.29, 1.82) is 0 Å². The highest BCUT2D eigenvalue weighted by molar-refractivity contribution is 7.89. The van der Waals surface area contributed by atoms with Gasteiger partial charge in [0, 0.05) is 26.2 Å². The van der Waals surface area contributed by atoms with Crippen molar-refractivity contribution in [2.45, 2.75) is 18.7 Å². The molecule has 1 aromatic rings. The number of nitrogens with zero attached hydrogens (tertiary/aromatic N) is 2. The Bertz CT molecular complexity index is 832. The van der Waals surface area contributed by atoms with Gasteiger partial charge in [-0.25, -0.2) is 8.42 Å². The Kier molecular flexibility index (Phi) is 5.83. The van der Waals surface area contributed by atoms with E-state index in [1.807, 2.05) is 13.0 Å². The highest BCUT2D eigenvalue weighted by Crippen LogP contribution is 2.22. The van der Waals surface area contributed by atoms with Gasteiger partial charge in [-0.2, -0.15) is 4.31 Å². The lowest BCUT2D eigenvalue weighted by atomic mass is 10.2. The zero-order valence-corrected chi connectivity index (χ0v) is 16.6. The predicted molar refractivity (Wildman–Crippen MR) is 99.8 cm³/mol. The molecule has 2 fully saturated rings. The van der Waals surface area contributed by atoms with Gasteiger partial charge >= 0.3 is 0 Å². The monoisotopic (exact) mass is 395 g/mol. The van der Waals surface area contributed by atoms with E-state index < -0.39 is 10.0 Å². The topological polar surface area (TPSA) is 91.2 Å². The molecule has 8 nitrogen and oxygen atoms in total. The van der Waals surface area contributed by atoms with Crippen LogP contribution in [0.1, 0.15) is 11.1 Å². The fraction of sp³-hybridized carbons (Fsp3) is 0.556. The first-order valence-corrected chi connectivity index (χ1v) is 10.7. The first-order valence-electron chi connectivity index (χ1n) is 9.23. The number of rotatable bonds is 4. The number of carbonyl (C=O) groups is 2. The molecule has 2 N–H and O–H groups in total. The average Bonchev–Trinajstić information content (AvgIpc) is 2.61. The third-order valence-electron chi connectivity index (χ3n) is 5.15. The number of carbonyl (C=O) groups excluding carboxylic acids is 2. The number of amides is 2. The third-order valence-corrected chi connectivity index (χ3v) is 7.21. The van der Waals surface area contributed by atoms with Gasteiger partial charge in [0.25, 0.3) is 11.8 Å². The maximum atomic E-state index is 12.9. The van der Waals surface area contributed by atoms with Crippen LogP contribution in [0.3, 0.4) is 0 Å². The predicted octanol–water partition coefficient (Wildman–Crippen LogP) is -1.85. The van der Waals surface area contributed by atoms with Gasteiger partial charge < -0.3 is 15.1 Å². The summed E-state index contributed by atoms with van der Waals surface area (Å²) in [4.78, 5) is 26.9. The van der Waals surface area contributed by atoms with Gasteiger partial charge in [-0.1, -0.05) is 17.7 Å². The van der Waals surface area contributed by atoms with E-state index in [0.717, 1.165) is 22.6 Å². The molecule has 2 amide bonds. The number of aryl methyl sites for hydroxylation is 2. The minimum Gasteiger partial charge on any atom is -0.346 e. The molecule has 2 heterocycles. The number of nitrogens with one attached hydrogen (secondary N) is 2. The van der Waals surface area contributed by atoms with E-state index in [1.54, 1.807) is 24.0 Å². The normalized spacial score (nSPS) is 21.8. The summed E-state index contributed by atoms with van der Waals surface area (Å²) in [5, 5.41) is 2.75. The van der Waals surface area contributed by atoms with Crippen molar-refractivity contribution in [3.8, 4) is 0 Å². The van der Waals surface area contributed by atoms with Gasteiger partial charge in [0.2, 0.25) is 10.0 Å². The van der Waals surface area contributed by atoms with Gasteiger partial charge in [-0.3, -0.25) is 9.59 Å². The zero-order chi connectivity index (χ0) is 19.6. The molecule has 9 heteroatoms. The quantitative estimate of drug-likeness (QED) is 0.626. The van der Waals surface area contributed by atoms with Crippen LogP contribution in [0.2, 0.25) is 0 Å². The number of quaternary nitrogens is 1. The largest absolute Gasteiger partial charge is 0.346 e. The molecule has 2 saturated heterocycles. The van der Waals surface area contributed by atoms with E-state index >= 15 is 0 Å². The van der Waals surface area contributed by atoms with Crippen molar-refractivity contribution in [2.75, 3.05) is 52.4 Å². The van der Waals surface area contributed by atoms with Crippen LogP contribution >= 0.6 is 0 Å². The van der Waals surface area contributed by atoms with E-state index in [0.29, 0.717) is 31.1 Å². The standard InChI is InChI=1S/C18H26N4O4S/c1-14-3-4-16(15(2)11-14)27(25,26)22-9-7-21(8-10-22)18(24)13-20-6-5-19-17(23)12-20/h3-4,11H,5-10,12-13H2,1-2H3,(H,19,23)/p+1. The smallest absolute Gasteiger partial charge is 0.277 e. The first kappa shape index (κ1) is 19.8. The van der Waals surface area contributed by atoms with Crippen LogP contribution in [0.25, 0.3) is 0 Å². The first-order chi connectivity index (χ1) is 12.8. The summed E-state index contributed by atoms with van der Waals surface area (Å²) in [5.41, 5.74) is 1.76. The molecular formula is C18H27N4O4S+. The Morgan fingerprint density at radius 2 is 1.89 bits per heavy atom. The van der Waals surface area contributed by atoms with Crippen LogP contribution in [-0.2, 0) is 19.6 Å². The lowest BCUT2D eigenvalue weighted by molar-refractivity contribution is -0.885. The van der Waals surface area contributed by atoms with E-state index in [9.17, 15) is 18.0 Å². The van der Waals surface area contributed by atoms with Crippen LogP contribution in [0.15, 0.2) is 23.1 Å². The highest BCUT2D eigenvalue weighted by Gasteiger charge is 2.32. The van der Waals surface area contributed by atoms with Crippen molar-refractivity contribution < 1.29 is 22.9 Å². The van der Waals surface area contributed by atoms with E-state index in [2.05, 4.69) is 5.32 Å². The summed E-state index contributed by atoms with van der Waals surface area (Å²) in [6.45, 7) is 6.98. The average molecular weight is 396 g/mol. The second-order valence-electron chi connectivity index (χ2n) is 7.26. The maximum absolute atomic E-state index is 12.9. The molecule has 27 heavy (non-hydrogen) atoms. The minimum atomic E-state index is -3.56. The van der Waals surface area contributed by atoms with E-state index in [4.69, 9.17) is 0 Å². The second-order valence-corrected chi connectivity index (χ2v) is 9.16. The molecule has 0 spiro atoms. The van der Waals surface area contributed by atoms with Crippen LogP contribution in [0.4, 0.5) is 0 Å². The SMILES string of the molecule is Cc1ccc(S(=O)(=O)N2CCN(C(=O)C[NH+]3CCNC(=O)C3)CC2)c(C)c1. The molecule has 148 valence electrons. The van der Waals surface area contributed by atoms with Gasteiger partial charge in [0.15, 0.2) is 13.1 Å². The summed E-state index contributed by atoms with van der Waals surface area (Å²) in [5.74, 6) is -0.0586. The third kappa shape index (κ3) is 4.48. The van der Waals surface area contributed by atoms with Crippen molar-refractivity contribution in [3.63, 3.8) is 0 Å². The molecular weight excluding hydrogens is 368 g/mol. The number of sulfonamides is 1. The molecule has 1 atom stereocenters. The van der Waals surface area contributed by atoms with Crippen molar-refractivity contribution in [2.24, 2.45) is 0 Å². The van der Waals surface area contributed by atoms with Crippen molar-refractivity contribution in [3.05, 3.63) is 29.3 Å². The van der Waals surface area contributed by atoms with Gasteiger partial charge in [0.1, 0.15) is 0 Å². The van der Waals surface area contributed by atoms with Crippen molar-refractivity contribution in [1.82, 2.24) is 14.5 Å². The number of benzene rings is 1. The molecule has 0 saturated carbocycles. The summed E-state index contributed by atoms with van der Waals surface area (Å²) >= 11 is 0. The Morgan fingerprint density at radius 3 is 2.52 bits per heavy atom. The lowest BCUT2D eigenvalue weighted by Crippen LogP contribution is -3.16. The highest BCUT2D eigenvalue weighted by atomic mass is 32.2. The fourth-order valence-electron chi connectivity index (χ4n) is 3.64. The molecule has 0 bridgehead atoms. The summed E-state index contributed by atoms with van der Waals surface area (Å²) in [6, 6.07) is 5.32. The Hall–Kier alpha value is -1.97. The van der Waals surface area contributed by atoms with Crippen LogP contribution < -0.4 is 10.2 Å². The van der Waals surface area contributed by atoms with Crippen LogP contribution in [-0.4, -0.2) is 81.8 Å². The van der Waals surface area contributed by atoms with Crippen LogP contribution in [0.5, 0.6) is 0 Å². The Labute approximate surface area is 160 Å². The summed E-state index contributed by atoms with van der Waals surface area (Å²) in [7, 11) is -3.56. The van der Waals surface area contributed by atoms with Gasteiger partial charge in [-0.05, 0) is 25.5 Å². The maximum Gasteiger partial charge on any atom is 0.277 e. The minimum absolute atomic E-state index is 0.0248. The number of piperazine rings is 2. The molecule has 2 aliphatic rings. The lowest BCUT2D eigenvalue weighted by Gasteiger charge is -2.35.